The van der Waals surface area contributed by atoms with Crippen LogP contribution in [0.1, 0.15) is 11.1 Å². The van der Waals surface area contributed by atoms with Crippen molar-refractivity contribution in [3.05, 3.63) is 31.3 Å². The smallest absolute Gasteiger partial charge is 0.307 e. The number of carbonyl (C=O) groups is 1. The topological polar surface area (TPSA) is 61.1 Å². The maximum atomic E-state index is 10.5. The maximum Gasteiger partial charge on any atom is 0.307 e. The van der Waals surface area contributed by atoms with Gasteiger partial charge in [0.2, 0.25) is 0 Å². The number of hydrogen-bond acceptors (Lipinski definition) is 2. The van der Waals surface area contributed by atoms with E-state index in [0.717, 1.165) is 8.04 Å². The molecule has 72 valence electrons. The van der Waals surface area contributed by atoms with Crippen LogP contribution in [0.5, 0.6) is 0 Å². The number of halogens is 2. The Labute approximate surface area is 103 Å². The van der Waals surface area contributed by atoms with E-state index in [-0.39, 0.29) is 6.42 Å². The Balaban J connectivity index is 3.22. The second-order valence-electron chi connectivity index (χ2n) is 2.61. The van der Waals surface area contributed by atoms with Crippen molar-refractivity contribution >= 4 is 44.5 Å². The first kappa shape index (κ1) is 11.5. The zero-order chi connectivity index (χ0) is 10.7. The minimum atomic E-state index is -0.931. The van der Waals surface area contributed by atoms with E-state index in [9.17, 15) is 4.79 Å². The van der Waals surface area contributed by atoms with Gasteiger partial charge in [-0.3, -0.25) is 4.79 Å². The van der Waals surface area contributed by atoms with Gasteiger partial charge in [-0.1, -0.05) is 0 Å². The number of hydrogen-bond donors (Lipinski definition) is 1. The number of carboxylic acid groups (broad SMARTS) is 1. The first-order valence-corrected chi connectivity index (χ1v) is 5.51. The molecular formula is C9H5BrINO2. The van der Waals surface area contributed by atoms with E-state index in [0.29, 0.717) is 11.1 Å². The molecule has 3 nitrogen and oxygen atoms in total. The second-order valence-corrected chi connectivity index (χ2v) is 4.62. The molecule has 1 aromatic carbocycles. The standard InChI is InChI=1S/C9H5BrINO2/c10-7-1-6(4-12)5(2-8(7)11)3-9(13)14/h1-2H,3H2,(H,13,14). The largest absolute Gasteiger partial charge is 0.481 e. The van der Waals surface area contributed by atoms with Crippen LogP contribution in [0.4, 0.5) is 0 Å². The Morgan fingerprint density at radius 3 is 2.79 bits per heavy atom. The summed E-state index contributed by atoms with van der Waals surface area (Å²) in [5, 5.41) is 17.4. The molecule has 0 amide bonds. The molecule has 0 radical (unpaired) electrons. The Morgan fingerprint density at radius 2 is 2.29 bits per heavy atom. The van der Waals surface area contributed by atoms with E-state index >= 15 is 0 Å². The third kappa shape index (κ3) is 2.69. The molecule has 0 aliphatic heterocycles. The van der Waals surface area contributed by atoms with Gasteiger partial charge in [0.15, 0.2) is 0 Å². The zero-order valence-corrected chi connectivity index (χ0v) is 10.7. The van der Waals surface area contributed by atoms with Crippen molar-refractivity contribution in [2.45, 2.75) is 6.42 Å². The zero-order valence-electron chi connectivity index (χ0n) is 6.92. The second kappa shape index (κ2) is 4.75. The van der Waals surface area contributed by atoms with Gasteiger partial charge in [-0.05, 0) is 56.2 Å². The lowest BCUT2D eigenvalue weighted by atomic mass is 10.1. The van der Waals surface area contributed by atoms with Gasteiger partial charge in [0.05, 0.1) is 18.1 Å². The van der Waals surface area contributed by atoms with E-state index in [4.69, 9.17) is 10.4 Å². The predicted molar refractivity (Wildman–Crippen MR) is 62.9 cm³/mol. The monoisotopic (exact) mass is 365 g/mol. The number of carboxylic acids is 1. The molecule has 0 bridgehead atoms. The van der Waals surface area contributed by atoms with Crippen LogP contribution in [0.2, 0.25) is 0 Å². The van der Waals surface area contributed by atoms with Crippen molar-refractivity contribution < 1.29 is 9.90 Å². The van der Waals surface area contributed by atoms with Crippen LogP contribution in [-0.4, -0.2) is 11.1 Å². The van der Waals surface area contributed by atoms with Crippen LogP contribution in [0.15, 0.2) is 16.6 Å². The van der Waals surface area contributed by atoms with Crippen LogP contribution in [0.25, 0.3) is 0 Å². The van der Waals surface area contributed by atoms with Gasteiger partial charge in [-0.2, -0.15) is 5.26 Å². The number of rotatable bonds is 2. The van der Waals surface area contributed by atoms with Gasteiger partial charge in [-0.15, -0.1) is 0 Å². The van der Waals surface area contributed by atoms with Crippen LogP contribution in [0, 0.1) is 14.9 Å². The minimum Gasteiger partial charge on any atom is -0.481 e. The van der Waals surface area contributed by atoms with Crippen LogP contribution in [-0.2, 0) is 11.2 Å². The molecule has 0 aliphatic carbocycles. The Bertz CT molecular complexity index is 426. The summed E-state index contributed by atoms with van der Waals surface area (Å²) < 4.78 is 1.71. The highest BCUT2D eigenvalue weighted by Gasteiger charge is 2.09. The number of aliphatic carboxylic acids is 1. The highest BCUT2D eigenvalue weighted by molar-refractivity contribution is 14.1. The SMILES string of the molecule is N#Cc1cc(Br)c(I)cc1CC(=O)O. The maximum absolute atomic E-state index is 10.5. The lowest BCUT2D eigenvalue weighted by Crippen LogP contribution is -2.02. The summed E-state index contributed by atoms with van der Waals surface area (Å²) in [6, 6.07) is 5.32. The summed E-state index contributed by atoms with van der Waals surface area (Å²) in [7, 11) is 0. The summed E-state index contributed by atoms with van der Waals surface area (Å²) in [6.07, 6.45) is -0.119. The van der Waals surface area contributed by atoms with E-state index < -0.39 is 5.97 Å². The quantitative estimate of drug-likeness (QED) is 0.819. The molecule has 0 saturated carbocycles. The first-order valence-electron chi connectivity index (χ1n) is 3.64. The molecule has 0 fully saturated rings. The molecule has 14 heavy (non-hydrogen) atoms. The van der Waals surface area contributed by atoms with Crippen molar-refractivity contribution in [1.29, 1.82) is 5.26 Å². The van der Waals surface area contributed by atoms with Crippen LogP contribution < -0.4 is 0 Å². The van der Waals surface area contributed by atoms with Gasteiger partial charge in [0.1, 0.15) is 0 Å². The summed E-state index contributed by atoms with van der Waals surface area (Å²) in [6.45, 7) is 0. The van der Waals surface area contributed by atoms with Gasteiger partial charge in [-0.25, -0.2) is 0 Å². The number of nitriles is 1. The van der Waals surface area contributed by atoms with Crippen molar-refractivity contribution in [2.24, 2.45) is 0 Å². The molecule has 1 N–H and O–H groups in total. The van der Waals surface area contributed by atoms with Crippen molar-refractivity contribution in [2.75, 3.05) is 0 Å². The lowest BCUT2D eigenvalue weighted by Gasteiger charge is -2.03. The summed E-state index contributed by atoms with van der Waals surface area (Å²) in [5.41, 5.74) is 0.951. The van der Waals surface area contributed by atoms with Crippen molar-refractivity contribution in [3.8, 4) is 6.07 Å². The van der Waals surface area contributed by atoms with Crippen LogP contribution >= 0.6 is 38.5 Å². The molecule has 1 rings (SSSR count). The van der Waals surface area contributed by atoms with Crippen LogP contribution in [0.3, 0.4) is 0 Å². The molecule has 0 aromatic heterocycles. The summed E-state index contributed by atoms with van der Waals surface area (Å²) in [4.78, 5) is 10.5. The Hall–Kier alpha value is -0.610. The highest BCUT2D eigenvalue weighted by atomic mass is 127. The van der Waals surface area contributed by atoms with E-state index in [1.54, 1.807) is 12.1 Å². The van der Waals surface area contributed by atoms with Crippen molar-refractivity contribution in [3.63, 3.8) is 0 Å². The molecule has 0 saturated heterocycles. The fourth-order valence-electron chi connectivity index (χ4n) is 1.00. The molecule has 0 unspecified atom stereocenters. The molecule has 0 heterocycles. The fourth-order valence-corrected chi connectivity index (χ4v) is 1.88. The molecule has 0 aliphatic rings. The van der Waals surface area contributed by atoms with Gasteiger partial charge >= 0.3 is 5.97 Å². The highest BCUT2D eigenvalue weighted by Crippen LogP contribution is 2.23. The van der Waals surface area contributed by atoms with E-state index in [2.05, 4.69) is 38.5 Å². The van der Waals surface area contributed by atoms with E-state index in [1.165, 1.54) is 0 Å². The Morgan fingerprint density at radius 1 is 1.64 bits per heavy atom. The molecule has 1 aromatic rings. The molecule has 0 spiro atoms. The third-order valence-corrected chi connectivity index (χ3v) is 3.90. The Kier molecular flexibility index (Phi) is 3.89. The van der Waals surface area contributed by atoms with Crippen molar-refractivity contribution in [1.82, 2.24) is 0 Å². The average molecular weight is 366 g/mol. The van der Waals surface area contributed by atoms with E-state index in [1.807, 2.05) is 6.07 Å². The number of nitrogens with zero attached hydrogens (tertiary/aromatic N) is 1. The number of benzene rings is 1. The lowest BCUT2D eigenvalue weighted by molar-refractivity contribution is -0.136. The normalized spacial score (nSPS) is 9.50. The van der Waals surface area contributed by atoms with Gasteiger partial charge < -0.3 is 5.11 Å². The third-order valence-electron chi connectivity index (χ3n) is 1.61. The van der Waals surface area contributed by atoms with Gasteiger partial charge in [0.25, 0.3) is 0 Å². The first-order chi connectivity index (χ1) is 6.54. The molecular weight excluding hydrogens is 361 g/mol. The summed E-state index contributed by atoms with van der Waals surface area (Å²) >= 11 is 5.36. The predicted octanol–water partition coefficient (Wildman–Crippen LogP) is 2.55. The average Bonchev–Trinajstić information content (AvgIpc) is 2.10. The summed E-state index contributed by atoms with van der Waals surface area (Å²) in [5.74, 6) is -0.931. The fraction of sp³-hybridized carbons (Fsp3) is 0.111. The molecule has 5 heteroatoms. The molecule has 0 atom stereocenters. The van der Waals surface area contributed by atoms with Gasteiger partial charge in [0, 0.05) is 8.04 Å². The minimum absolute atomic E-state index is 0.119.